The van der Waals surface area contributed by atoms with Crippen molar-refractivity contribution in [2.24, 2.45) is 0 Å². The molecule has 0 spiro atoms. The minimum absolute atomic E-state index is 0.0647. The van der Waals surface area contributed by atoms with Gasteiger partial charge in [0, 0.05) is 12.2 Å². The van der Waals surface area contributed by atoms with E-state index < -0.39 is 18.4 Å². The monoisotopic (exact) mass is 202 g/mol. The molecule has 80 valence electrons. The van der Waals surface area contributed by atoms with Gasteiger partial charge in [-0.1, -0.05) is 6.08 Å². The molecule has 0 aromatic heterocycles. The van der Waals surface area contributed by atoms with Crippen LogP contribution in [0.3, 0.4) is 0 Å². The third-order valence-corrected chi connectivity index (χ3v) is 1.62. The molecule has 0 aromatic carbocycles. The van der Waals surface area contributed by atoms with Crippen molar-refractivity contribution in [2.45, 2.75) is 25.7 Å². The van der Waals surface area contributed by atoms with Gasteiger partial charge >= 0.3 is 11.9 Å². The molecule has 0 aliphatic heterocycles. The Morgan fingerprint density at radius 3 is 2.21 bits per heavy atom. The summed E-state index contributed by atoms with van der Waals surface area (Å²) in [4.78, 5) is 20.8. The van der Waals surface area contributed by atoms with Gasteiger partial charge in [0.05, 0.1) is 6.42 Å². The first-order valence-corrected chi connectivity index (χ1v) is 4.33. The lowest BCUT2D eigenvalue weighted by Gasteiger charge is -1.98. The van der Waals surface area contributed by atoms with Gasteiger partial charge in [-0.25, -0.2) is 4.79 Å². The van der Waals surface area contributed by atoms with Crippen molar-refractivity contribution in [1.82, 2.24) is 0 Å². The van der Waals surface area contributed by atoms with Gasteiger partial charge in [-0.15, -0.1) is 0 Å². The Morgan fingerprint density at radius 2 is 1.79 bits per heavy atom. The Bertz CT molecular complexity index is 231. The molecule has 0 radical (unpaired) electrons. The van der Waals surface area contributed by atoms with Crippen molar-refractivity contribution >= 4 is 11.9 Å². The van der Waals surface area contributed by atoms with Crippen LogP contribution >= 0.6 is 0 Å². The summed E-state index contributed by atoms with van der Waals surface area (Å²) < 4.78 is 0. The van der Waals surface area contributed by atoms with E-state index in [4.69, 9.17) is 15.3 Å². The third kappa shape index (κ3) is 6.19. The normalized spacial score (nSPS) is 11.4. The molecule has 0 saturated heterocycles. The lowest BCUT2D eigenvalue weighted by Crippen LogP contribution is -2.06. The smallest absolute Gasteiger partial charge is 0.331 e. The number of aliphatic hydroxyl groups is 1. The molecule has 0 rings (SSSR count). The lowest BCUT2D eigenvalue weighted by atomic mass is 10.1. The highest BCUT2D eigenvalue weighted by Crippen LogP contribution is 2.06. The highest BCUT2D eigenvalue weighted by Gasteiger charge is 2.10. The molecule has 0 unspecified atom stereocenters. The Labute approximate surface area is 81.7 Å². The number of carbonyl (C=O) groups is 2. The van der Waals surface area contributed by atoms with E-state index >= 15 is 0 Å². The van der Waals surface area contributed by atoms with E-state index in [2.05, 4.69) is 0 Å². The standard InChI is InChI=1S/C9H14O5/c10-5-3-1-2-4-7(9(13)14)6-8(11)12/h4,10H,1-3,5-6H2,(H,11,12)(H,13,14). The summed E-state index contributed by atoms with van der Waals surface area (Å²) in [6.45, 7) is 0.0647. The van der Waals surface area contributed by atoms with Gasteiger partial charge in [-0.2, -0.15) is 0 Å². The third-order valence-electron chi connectivity index (χ3n) is 1.62. The number of allylic oxidation sites excluding steroid dienone is 1. The molecule has 5 heteroatoms. The molecule has 0 saturated carbocycles. The molecule has 0 heterocycles. The quantitative estimate of drug-likeness (QED) is 0.416. The van der Waals surface area contributed by atoms with Gasteiger partial charge < -0.3 is 15.3 Å². The fourth-order valence-electron chi connectivity index (χ4n) is 0.930. The maximum Gasteiger partial charge on any atom is 0.331 e. The first kappa shape index (κ1) is 12.6. The fourth-order valence-corrected chi connectivity index (χ4v) is 0.930. The maximum absolute atomic E-state index is 10.5. The molecule has 0 bridgehead atoms. The summed E-state index contributed by atoms with van der Waals surface area (Å²) in [5, 5.41) is 25.4. The zero-order chi connectivity index (χ0) is 11.0. The average Bonchev–Trinajstić information content (AvgIpc) is 2.09. The van der Waals surface area contributed by atoms with Crippen LogP contribution in [0.4, 0.5) is 0 Å². The first-order valence-electron chi connectivity index (χ1n) is 4.33. The molecule has 0 aliphatic carbocycles. The molecule has 0 aliphatic rings. The van der Waals surface area contributed by atoms with Crippen LogP contribution in [0.1, 0.15) is 25.7 Å². The second kappa shape index (κ2) is 7.08. The summed E-state index contributed by atoms with van der Waals surface area (Å²) >= 11 is 0. The van der Waals surface area contributed by atoms with Crippen LogP contribution in [0.2, 0.25) is 0 Å². The van der Waals surface area contributed by atoms with Crippen molar-refractivity contribution in [3.8, 4) is 0 Å². The van der Waals surface area contributed by atoms with Gasteiger partial charge in [0.1, 0.15) is 0 Å². The van der Waals surface area contributed by atoms with E-state index in [0.29, 0.717) is 19.3 Å². The fraction of sp³-hybridized carbons (Fsp3) is 0.556. The van der Waals surface area contributed by atoms with Gasteiger partial charge in [-0.05, 0) is 19.3 Å². The zero-order valence-electron chi connectivity index (χ0n) is 7.77. The second-order valence-corrected chi connectivity index (χ2v) is 2.82. The van der Waals surface area contributed by atoms with Gasteiger partial charge in [-0.3, -0.25) is 4.79 Å². The Morgan fingerprint density at radius 1 is 1.14 bits per heavy atom. The Kier molecular flexibility index (Phi) is 6.39. The largest absolute Gasteiger partial charge is 0.481 e. The van der Waals surface area contributed by atoms with E-state index in [1.807, 2.05) is 0 Å². The van der Waals surface area contributed by atoms with Crippen LogP contribution in [-0.2, 0) is 9.59 Å². The van der Waals surface area contributed by atoms with Crippen LogP contribution in [0.5, 0.6) is 0 Å². The van der Waals surface area contributed by atoms with Gasteiger partial charge in [0.2, 0.25) is 0 Å². The molecule has 0 amide bonds. The molecular formula is C9H14O5. The van der Waals surface area contributed by atoms with Crippen molar-refractivity contribution < 1.29 is 24.9 Å². The van der Waals surface area contributed by atoms with Crippen molar-refractivity contribution in [3.05, 3.63) is 11.6 Å². The summed E-state index contributed by atoms with van der Waals surface area (Å²) in [6.07, 6.45) is 2.67. The van der Waals surface area contributed by atoms with E-state index in [-0.39, 0.29) is 12.2 Å². The molecule has 5 nitrogen and oxygen atoms in total. The first-order chi connectivity index (χ1) is 6.57. The van der Waals surface area contributed by atoms with Crippen molar-refractivity contribution in [2.75, 3.05) is 6.61 Å². The highest BCUT2D eigenvalue weighted by atomic mass is 16.4. The number of rotatable bonds is 7. The van der Waals surface area contributed by atoms with Crippen molar-refractivity contribution in [1.29, 1.82) is 0 Å². The molecule has 0 atom stereocenters. The number of carboxylic acid groups (broad SMARTS) is 2. The van der Waals surface area contributed by atoms with Crippen LogP contribution in [-0.4, -0.2) is 33.9 Å². The van der Waals surface area contributed by atoms with E-state index in [1.165, 1.54) is 6.08 Å². The summed E-state index contributed by atoms with van der Waals surface area (Å²) in [7, 11) is 0. The summed E-state index contributed by atoms with van der Waals surface area (Å²) in [5.41, 5.74) is -0.101. The minimum atomic E-state index is -1.20. The molecule has 14 heavy (non-hydrogen) atoms. The average molecular weight is 202 g/mol. The van der Waals surface area contributed by atoms with E-state index in [1.54, 1.807) is 0 Å². The summed E-state index contributed by atoms with van der Waals surface area (Å²) in [6, 6.07) is 0. The number of aliphatic hydroxyl groups excluding tert-OH is 1. The lowest BCUT2D eigenvalue weighted by molar-refractivity contribution is -0.139. The Hall–Kier alpha value is -1.36. The number of aliphatic carboxylic acids is 2. The maximum atomic E-state index is 10.5. The molecule has 3 N–H and O–H groups in total. The molecule has 0 aromatic rings. The number of hydrogen-bond donors (Lipinski definition) is 3. The molecular weight excluding hydrogens is 188 g/mol. The van der Waals surface area contributed by atoms with E-state index in [9.17, 15) is 9.59 Å². The molecule has 0 fully saturated rings. The van der Waals surface area contributed by atoms with Crippen molar-refractivity contribution in [3.63, 3.8) is 0 Å². The van der Waals surface area contributed by atoms with Gasteiger partial charge in [0.15, 0.2) is 0 Å². The van der Waals surface area contributed by atoms with Gasteiger partial charge in [0.25, 0.3) is 0 Å². The Balaban J connectivity index is 4.06. The predicted octanol–water partition coefficient (Wildman–Crippen LogP) is 0.635. The second-order valence-electron chi connectivity index (χ2n) is 2.82. The number of carboxylic acids is 2. The van der Waals surface area contributed by atoms with E-state index in [0.717, 1.165) is 0 Å². The highest BCUT2D eigenvalue weighted by molar-refractivity contribution is 5.91. The van der Waals surface area contributed by atoms with Crippen LogP contribution in [0.25, 0.3) is 0 Å². The number of unbranched alkanes of at least 4 members (excludes halogenated alkanes) is 2. The van der Waals surface area contributed by atoms with Crippen LogP contribution in [0.15, 0.2) is 11.6 Å². The zero-order valence-corrected chi connectivity index (χ0v) is 7.77. The van der Waals surface area contributed by atoms with Crippen LogP contribution < -0.4 is 0 Å². The number of hydrogen-bond acceptors (Lipinski definition) is 3. The topological polar surface area (TPSA) is 94.8 Å². The summed E-state index contributed by atoms with van der Waals surface area (Å²) in [5.74, 6) is -2.35. The predicted molar refractivity (Wildman–Crippen MR) is 48.9 cm³/mol. The minimum Gasteiger partial charge on any atom is -0.481 e. The van der Waals surface area contributed by atoms with Crippen LogP contribution in [0, 0.1) is 0 Å². The SMILES string of the molecule is O=C(O)CC(=CCCCCO)C(=O)O.